The van der Waals surface area contributed by atoms with Crippen LogP contribution < -0.4 is 10.5 Å². The molecule has 0 saturated carbocycles. The molecule has 3 rings (SSSR count). The first kappa shape index (κ1) is 19.1. The Bertz CT molecular complexity index is 964. The highest BCUT2D eigenvalue weighted by Gasteiger charge is 2.14. The first-order valence-corrected chi connectivity index (χ1v) is 9.41. The maximum absolute atomic E-state index is 14.7. The Morgan fingerprint density at radius 1 is 1.15 bits per heavy atom. The van der Waals surface area contributed by atoms with E-state index >= 15 is 0 Å². The third-order valence-electron chi connectivity index (χ3n) is 3.86. The largest absolute Gasteiger partial charge is 0.392 e. The van der Waals surface area contributed by atoms with Crippen molar-refractivity contribution in [3.05, 3.63) is 60.7 Å². The van der Waals surface area contributed by atoms with Crippen LogP contribution in [-0.2, 0) is 11.0 Å². The number of nitrogens with zero attached hydrogens (tertiary/aromatic N) is 2. The Labute approximate surface area is 158 Å². The summed E-state index contributed by atoms with van der Waals surface area (Å²) in [4.78, 5) is 8.28. The molecule has 6 nitrogen and oxygen atoms in total. The summed E-state index contributed by atoms with van der Waals surface area (Å²) in [5.74, 6) is -0.324. The average molecular weight is 386 g/mol. The second-order valence-corrected chi connectivity index (χ2v) is 7.25. The zero-order valence-corrected chi connectivity index (χ0v) is 15.4. The minimum atomic E-state index is -1.53. The molecule has 0 saturated heterocycles. The van der Waals surface area contributed by atoms with Gasteiger partial charge in [0.05, 0.1) is 11.0 Å². The van der Waals surface area contributed by atoms with E-state index in [-0.39, 0.29) is 12.5 Å². The third kappa shape index (κ3) is 4.54. The van der Waals surface area contributed by atoms with E-state index in [1.165, 1.54) is 18.5 Å². The Morgan fingerprint density at radius 2 is 1.85 bits per heavy atom. The van der Waals surface area contributed by atoms with Crippen LogP contribution in [0, 0.1) is 5.82 Å². The number of hydrogen-bond donors (Lipinski definition) is 3. The van der Waals surface area contributed by atoms with Crippen LogP contribution in [0.15, 0.2) is 59.8 Å². The molecule has 2 atom stereocenters. The van der Waals surface area contributed by atoms with E-state index in [4.69, 9.17) is 5.73 Å². The Morgan fingerprint density at radius 3 is 2.52 bits per heavy atom. The van der Waals surface area contributed by atoms with E-state index in [2.05, 4.69) is 14.7 Å². The topological polar surface area (TPSA) is 101 Å². The van der Waals surface area contributed by atoms with Crippen LogP contribution in [0.25, 0.3) is 22.3 Å². The zero-order valence-electron chi connectivity index (χ0n) is 14.6. The second-order valence-electron chi connectivity index (χ2n) is 5.99. The number of anilines is 1. The molecule has 1 heterocycles. The van der Waals surface area contributed by atoms with Crippen molar-refractivity contribution in [2.24, 2.45) is 0 Å². The van der Waals surface area contributed by atoms with E-state index < -0.39 is 22.9 Å². The number of benzene rings is 2. The van der Waals surface area contributed by atoms with E-state index in [0.29, 0.717) is 27.1 Å². The molecule has 0 bridgehead atoms. The van der Waals surface area contributed by atoms with E-state index in [0.717, 1.165) is 0 Å². The molecule has 0 aliphatic heterocycles. The van der Waals surface area contributed by atoms with Crippen molar-refractivity contribution in [3.8, 4) is 22.3 Å². The number of rotatable bonds is 6. The molecule has 27 heavy (non-hydrogen) atoms. The summed E-state index contributed by atoms with van der Waals surface area (Å²) >= 11 is 0. The van der Waals surface area contributed by atoms with Gasteiger partial charge in [-0.05, 0) is 30.2 Å². The number of halogens is 1. The highest BCUT2D eigenvalue weighted by molar-refractivity contribution is 7.83. The molecule has 0 amide bonds. The normalized spacial score (nSPS) is 13.3. The van der Waals surface area contributed by atoms with E-state index in [1.807, 2.05) is 0 Å². The standard InChI is InChI=1S/C19H19FN4O2S/c1-12(25)9-24-27(26)18-5-3-2-4-16(18)13-6-7-15(17(20)8-13)14-10-22-19(21)23-11-14/h2-8,10-12,24-25H,9H2,1H3,(H2,21,22,23). The molecule has 0 aliphatic rings. The highest BCUT2D eigenvalue weighted by Crippen LogP contribution is 2.30. The fourth-order valence-electron chi connectivity index (χ4n) is 2.53. The molecule has 0 aliphatic carbocycles. The maximum atomic E-state index is 14.7. The molecule has 0 radical (unpaired) electrons. The summed E-state index contributed by atoms with van der Waals surface area (Å²) < 4.78 is 30.0. The molecule has 0 fully saturated rings. The fraction of sp³-hybridized carbons (Fsp3) is 0.158. The summed E-state index contributed by atoms with van der Waals surface area (Å²) in [6, 6.07) is 11.8. The zero-order chi connectivity index (χ0) is 19.4. The molecule has 1 aromatic heterocycles. The smallest absolute Gasteiger partial charge is 0.219 e. The van der Waals surface area contributed by atoms with Gasteiger partial charge in [0.15, 0.2) is 0 Å². The number of nitrogen functional groups attached to an aromatic ring is 1. The quantitative estimate of drug-likeness (QED) is 0.604. The molecule has 4 N–H and O–H groups in total. The number of aliphatic hydroxyl groups is 1. The third-order valence-corrected chi connectivity index (χ3v) is 5.04. The van der Waals surface area contributed by atoms with Gasteiger partial charge in [-0.25, -0.2) is 23.3 Å². The summed E-state index contributed by atoms with van der Waals surface area (Å²) in [5, 5.41) is 9.36. The SMILES string of the molecule is CC(O)CNS(=O)c1ccccc1-c1ccc(-c2cnc(N)nc2)c(F)c1. The summed E-state index contributed by atoms with van der Waals surface area (Å²) in [6.45, 7) is 1.79. The van der Waals surface area contributed by atoms with Crippen molar-refractivity contribution >= 4 is 16.9 Å². The molecule has 3 aromatic rings. The average Bonchev–Trinajstić information content (AvgIpc) is 2.67. The minimum Gasteiger partial charge on any atom is -0.392 e. The number of nitrogens with one attached hydrogen (secondary N) is 1. The van der Waals surface area contributed by atoms with E-state index in [9.17, 15) is 13.7 Å². The van der Waals surface area contributed by atoms with Gasteiger partial charge >= 0.3 is 0 Å². The Hall–Kier alpha value is -2.68. The van der Waals surface area contributed by atoms with Gasteiger partial charge in [0.25, 0.3) is 0 Å². The Balaban J connectivity index is 1.94. The molecular formula is C19H19FN4O2S. The van der Waals surface area contributed by atoms with Crippen molar-refractivity contribution < 1.29 is 13.7 Å². The first-order valence-electron chi connectivity index (χ1n) is 8.26. The maximum Gasteiger partial charge on any atom is 0.219 e. The van der Waals surface area contributed by atoms with Crippen LogP contribution in [0.1, 0.15) is 6.92 Å². The number of aliphatic hydroxyl groups excluding tert-OH is 1. The fourth-order valence-corrected chi connectivity index (χ4v) is 3.67. The number of aromatic nitrogens is 2. The van der Waals surface area contributed by atoms with Crippen LogP contribution >= 0.6 is 0 Å². The Kier molecular flexibility index (Phi) is 5.90. The lowest BCUT2D eigenvalue weighted by molar-refractivity contribution is 0.199. The van der Waals surface area contributed by atoms with Crippen LogP contribution in [0.2, 0.25) is 0 Å². The summed E-state index contributed by atoms with van der Waals surface area (Å²) in [5.41, 5.74) is 7.57. The van der Waals surface area contributed by atoms with Gasteiger partial charge in [-0.1, -0.05) is 30.3 Å². The summed E-state index contributed by atoms with van der Waals surface area (Å²) in [6.07, 6.45) is 2.30. The predicted molar refractivity (Wildman–Crippen MR) is 103 cm³/mol. The molecule has 2 aromatic carbocycles. The number of hydrogen-bond acceptors (Lipinski definition) is 5. The second kappa shape index (κ2) is 8.34. The van der Waals surface area contributed by atoms with Crippen molar-refractivity contribution in [1.82, 2.24) is 14.7 Å². The first-order chi connectivity index (χ1) is 13.0. The van der Waals surface area contributed by atoms with Crippen LogP contribution in [0.4, 0.5) is 10.3 Å². The van der Waals surface area contributed by atoms with Gasteiger partial charge in [0.1, 0.15) is 16.8 Å². The van der Waals surface area contributed by atoms with Crippen molar-refractivity contribution in [2.45, 2.75) is 17.9 Å². The van der Waals surface area contributed by atoms with Gasteiger partial charge in [-0.3, -0.25) is 0 Å². The molecule has 8 heteroatoms. The monoisotopic (exact) mass is 386 g/mol. The van der Waals surface area contributed by atoms with Crippen molar-refractivity contribution in [1.29, 1.82) is 0 Å². The van der Waals surface area contributed by atoms with Crippen molar-refractivity contribution in [3.63, 3.8) is 0 Å². The highest BCUT2D eigenvalue weighted by atomic mass is 32.2. The number of nitrogens with two attached hydrogens (primary N) is 1. The molecule has 0 spiro atoms. The minimum absolute atomic E-state index is 0.122. The summed E-state index contributed by atoms with van der Waals surface area (Å²) in [7, 11) is -1.53. The predicted octanol–water partition coefficient (Wildman–Crippen LogP) is 2.52. The van der Waals surface area contributed by atoms with Crippen LogP contribution in [0.5, 0.6) is 0 Å². The van der Waals surface area contributed by atoms with Crippen LogP contribution in [-0.4, -0.2) is 31.9 Å². The lowest BCUT2D eigenvalue weighted by atomic mass is 10.0. The van der Waals surface area contributed by atoms with Gasteiger partial charge in [0.2, 0.25) is 5.95 Å². The lowest BCUT2D eigenvalue weighted by Gasteiger charge is -2.12. The molecular weight excluding hydrogens is 367 g/mol. The van der Waals surface area contributed by atoms with Gasteiger partial charge in [0, 0.05) is 30.1 Å². The molecule has 2 unspecified atom stereocenters. The van der Waals surface area contributed by atoms with Crippen molar-refractivity contribution in [2.75, 3.05) is 12.3 Å². The molecule has 140 valence electrons. The van der Waals surface area contributed by atoms with Gasteiger partial charge < -0.3 is 10.8 Å². The lowest BCUT2D eigenvalue weighted by Crippen LogP contribution is -2.26. The van der Waals surface area contributed by atoms with E-state index in [1.54, 1.807) is 43.3 Å². The van der Waals surface area contributed by atoms with Crippen LogP contribution in [0.3, 0.4) is 0 Å². The van der Waals surface area contributed by atoms with Gasteiger partial charge in [-0.15, -0.1) is 0 Å². The van der Waals surface area contributed by atoms with Gasteiger partial charge in [-0.2, -0.15) is 0 Å².